The summed E-state index contributed by atoms with van der Waals surface area (Å²) in [4.78, 5) is 16.4. The predicted molar refractivity (Wildman–Crippen MR) is 104 cm³/mol. The van der Waals surface area contributed by atoms with Crippen molar-refractivity contribution in [2.45, 2.75) is 11.8 Å². The summed E-state index contributed by atoms with van der Waals surface area (Å²) in [7, 11) is 0.0729. The van der Waals surface area contributed by atoms with Crippen LogP contribution in [0.25, 0.3) is 11.6 Å². The molecule has 2 aromatic rings. The lowest BCUT2D eigenvalue weighted by molar-refractivity contribution is -0.112. The summed E-state index contributed by atoms with van der Waals surface area (Å²) >= 11 is 0. The van der Waals surface area contributed by atoms with E-state index in [1.165, 1.54) is 12.1 Å². The second-order valence-corrected chi connectivity index (χ2v) is 7.88. The van der Waals surface area contributed by atoms with Crippen LogP contribution in [0.5, 0.6) is 0 Å². The summed E-state index contributed by atoms with van der Waals surface area (Å²) in [6, 6.07) is 12.3. The van der Waals surface area contributed by atoms with Crippen LogP contribution in [0.1, 0.15) is 18.1 Å². The molecule has 6 nitrogen and oxygen atoms in total. The van der Waals surface area contributed by atoms with Crippen molar-refractivity contribution in [2.24, 2.45) is 5.14 Å². The van der Waals surface area contributed by atoms with Crippen molar-refractivity contribution in [3.05, 3.63) is 53.6 Å². The van der Waals surface area contributed by atoms with Crippen molar-refractivity contribution in [2.75, 3.05) is 30.4 Å². The summed E-state index contributed by atoms with van der Waals surface area (Å²) in [5.74, 6) is -0.147. The van der Waals surface area contributed by atoms with E-state index in [4.69, 9.17) is 5.14 Å². The summed E-state index contributed by atoms with van der Waals surface area (Å²) in [5, 5.41) is 5.25. The highest BCUT2D eigenvalue weighted by Gasteiger charge is 2.32. The first-order valence-corrected chi connectivity index (χ1v) is 9.75. The Morgan fingerprint density at radius 1 is 1.12 bits per heavy atom. The van der Waals surface area contributed by atoms with Gasteiger partial charge in [0.25, 0.3) is 5.91 Å². The second kappa shape index (κ2) is 6.59. The standard InChI is InChI=1S/C19H21N3O3S/c1-4-22-18-10-9-15(26(20,24)25)12-16(18)17(19(22)23)11-13-5-7-14(8-6-13)21(2)3/h5-12H,4H2,1-3H3,(H2,20,24,25)/b17-11-. The molecule has 0 radical (unpaired) electrons. The Hall–Kier alpha value is -2.64. The summed E-state index contributed by atoms with van der Waals surface area (Å²) < 4.78 is 23.4. The Kier molecular flexibility index (Phi) is 4.60. The quantitative estimate of drug-likeness (QED) is 0.836. The number of likely N-dealkylation sites (N-methyl/N-ethyl adjacent to an activating group) is 1. The molecule has 1 aliphatic heterocycles. The highest BCUT2D eigenvalue weighted by Crippen LogP contribution is 2.38. The number of benzene rings is 2. The molecule has 0 unspecified atom stereocenters. The molecule has 0 spiro atoms. The first-order valence-electron chi connectivity index (χ1n) is 8.20. The minimum absolute atomic E-state index is 0.00383. The molecule has 0 fully saturated rings. The Morgan fingerprint density at radius 3 is 2.31 bits per heavy atom. The van der Waals surface area contributed by atoms with Gasteiger partial charge < -0.3 is 9.80 Å². The van der Waals surface area contributed by atoms with E-state index in [-0.39, 0.29) is 10.8 Å². The third kappa shape index (κ3) is 3.23. The molecule has 0 aromatic heterocycles. The molecular weight excluding hydrogens is 350 g/mol. The van der Waals surface area contributed by atoms with Crippen LogP contribution in [0.4, 0.5) is 11.4 Å². The molecule has 0 aliphatic carbocycles. The number of anilines is 2. The van der Waals surface area contributed by atoms with Gasteiger partial charge in [-0.15, -0.1) is 0 Å². The number of fused-ring (bicyclic) bond motifs is 1. The zero-order chi connectivity index (χ0) is 19.1. The van der Waals surface area contributed by atoms with E-state index in [9.17, 15) is 13.2 Å². The lowest BCUT2D eigenvalue weighted by Crippen LogP contribution is -2.25. The number of hydrogen-bond donors (Lipinski definition) is 1. The van der Waals surface area contributed by atoms with E-state index in [2.05, 4.69) is 0 Å². The molecule has 0 saturated heterocycles. The number of amides is 1. The molecule has 2 aromatic carbocycles. The molecule has 0 atom stereocenters. The topological polar surface area (TPSA) is 83.7 Å². The zero-order valence-corrected chi connectivity index (χ0v) is 15.7. The van der Waals surface area contributed by atoms with Crippen LogP contribution >= 0.6 is 0 Å². The third-order valence-electron chi connectivity index (χ3n) is 4.39. The van der Waals surface area contributed by atoms with Crippen molar-refractivity contribution >= 4 is 39.0 Å². The Bertz CT molecular complexity index is 993. The van der Waals surface area contributed by atoms with Gasteiger partial charge in [-0.2, -0.15) is 0 Å². The number of primary sulfonamides is 1. The monoisotopic (exact) mass is 371 g/mol. The van der Waals surface area contributed by atoms with Crippen molar-refractivity contribution in [1.29, 1.82) is 0 Å². The van der Waals surface area contributed by atoms with Gasteiger partial charge in [0.1, 0.15) is 0 Å². The predicted octanol–water partition coefficient (Wildman–Crippen LogP) is 2.31. The fraction of sp³-hybridized carbons (Fsp3) is 0.211. The van der Waals surface area contributed by atoms with Gasteiger partial charge >= 0.3 is 0 Å². The molecule has 1 amide bonds. The van der Waals surface area contributed by atoms with Crippen molar-refractivity contribution < 1.29 is 13.2 Å². The maximum atomic E-state index is 12.8. The minimum atomic E-state index is -3.84. The number of rotatable bonds is 4. The minimum Gasteiger partial charge on any atom is -0.378 e. The number of carbonyl (C=O) groups is 1. The highest BCUT2D eigenvalue weighted by atomic mass is 32.2. The fourth-order valence-electron chi connectivity index (χ4n) is 3.00. The van der Waals surface area contributed by atoms with Gasteiger partial charge in [-0.25, -0.2) is 13.6 Å². The normalized spacial score (nSPS) is 15.5. The summed E-state index contributed by atoms with van der Waals surface area (Å²) in [6.07, 6.45) is 1.78. The van der Waals surface area contributed by atoms with Gasteiger partial charge in [0.2, 0.25) is 10.0 Å². The Labute approximate surface area is 153 Å². The fourth-order valence-corrected chi connectivity index (χ4v) is 3.54. The highest BCUT2D eigenvalue weighted by molar-refractivity contribution is 7.89. The number of nitrogens with zero attached hydrogens (tertiary/aromatic N) is 2. The maximum absolute atomic E-state index is 12.8. The van der Waals surface area contributed by atoms with E-state index < -0.39 is 10.0 Å². The first-order chi connectivity index (χ1) is 12.2. The van der Waals surface area contributed by atoms with Crippen molar-refractivity contribution in [3.8, 4) is 0 Å². The van der Waals surface area contributed by atoms with E-state index in [0.717, 1.165) is 11.3 Å². The Balaban J connectivity index is 2.12. The van der Waals surface area contributed by atoms with E-state index >= 15 is 0 Å². The number of hydrogen-bond acceptors (Lipinski definition) is 4. The van der Waals surface area contributed by atoms with Crippen LogP contribution in [0, 0.1) is 0 Å². The number of nitrogens with two attached hydrogens (primary N) is 1. The van der Waals surface area contributed by atoms with Crippen LogP contribution in [-0.4, -0.2) is 35.0 Å². The van der Waals surface area contributed by atoms with E-state index in [1.54, 1.807) is 17.0 Å². The molecule has 0 saturated carbocycles. The third-order valence-corrected chi connectivity index (χ3v) is 5.30. The molecular formula is C19H21N3O3S. The smallest absolute Gasteiger partial charge is 0.258 e. The number of sulfonamides is 1. The lowest BCUT2D eigenvalue weighted by Gasteiger charge is -2.14. The zero-order valence-electron chi connectivity index (χ0n) is 14.9. The maximum Gasteiger partial charge on any atom is 0.258 e. The van der Waals surface area contributed by atoms with Gasteiger partial charge in [-0.05, 0) is 48.9 Å². The van der Waals surface area contributed by atoms with Crippen molar-refractivity contribution in [3.63, 3.8) is 0 Å². The van der Waals surface area contributed by atoms with Crippen molar-refractivity contribution in [1.82, 2.24) is 0 Å². The Morgan fingerprint density at radius 2 is 1.77 bits per heavy atom. The number of carbonyl (C=O) groups excluding carboxylic acids is 1. The molecule has 1 aliphatic rings. The molecule has 3 rings (SSSR count). The van der Waals surface area contributed by atoms with E-state index in [1.807, 2.05) is 50.2 Å². The molecule has 136 valence electrons. The first kappa shape index (κ1) is 18.2. The molecule has 0 bridgehead atoms. The molecule has 7 heteroatoms. The van der Waals surface area contributed by atoms with Crippen LogP contribution in [0.3, 0.4) is 0 Å². The molecule has 26 heavy (non-hydrogen) atoms. The SMILES string of the molecule is CCN1C(=O)/C(=C\c2ccc(N(C)C)cc2)c2cc(S(N)(=O)=O)ccc21. The molecule has 2 N–H and O–H groups in total. The average molecular weight is 371 g/mol. The van der Waals surface area contributed by atoms with Gasteiger partial charge in [0, 0.05) is 37.5 Å². The average Bonchev–Trinajstić information content (AvgIpc) is 2.85. The van der Waals surface area contributed by atoms with Gasteiger partial charge in [0.05, 0.1) is 10.6 Å². The van der Waals surface area contributed by atoms with E-state index in [0.29, 0.717) is 23.4 Å². The largest absolute Gasteiger partial charge is 0.378 e. The van der Waals surface area contributed by atoms with Gasteiger partial charge in [-0.3, -0.25) is 4.79 Å². The van der Waals surface area contributed by atoms with Crippen LogP contribution < -0.4 is 14.9 Å². The van der Waals surface area contributed by atoms with Crippen LogP contribution in [0.2, 0.25) is 0 Å². The summed E-state index contributed by atoms with van der Waals surface area (Å²) in [5.41, 5.74) is 3.66. The van der Waals surface area contributed by atoms with Crippen LogP contribution in [0.15, 0.2) is 47.4 Å². The molecule has 1 heterocycles. The second-order valence-electron chi connectivity index (χ2n) is 6.32. The summed E-state index contributed by atoms with van der Waals surface area (Å²) in [6.45, 7) is 2.38. The van der Waals surface area contributed by atoms with Crippen LogP contribution in [-0.2, 0) is 14.8 Å². The van der Waals surface area contributed by atoms with Gasteiger partial charge in [-0.1, -0.05) is 12.1 Å². The van der Waals surface area contributed by atoms with Gasteiger partial charge in [0.15, 0.2) is 0 Å². The lowest BCUT2D eigenvalue weighted by atomic mass is 10.0.